The number of fused-ring (bicyclic) bond motifs is 11. The minimum Gasteiger partial charge on any atom is -0.456 e. The molecule has 5 heteroatoms. The lowest BCUT2D eigenvalue weighted by atomic mass is 9.88. The fraction of sp³-hybridized carbons (Fsp3) is 0.0645. The van der Waals surface area contributed by atoms with Crippen LogP contribution in [0.5, 0.6) is 0 Å². The van der Waals surface area contributed by atoms with Crippen molar-refractivity contribution in [2.45, 2.75) is 19.4 Å². The van der Waals surface area contributed by atoms with Crippen molar-refractivity contribution in [2.75, 3.05) is 0 Å². The monoisotopic (exact) mass is 859 g/mol. The molecule has 1 aliphatic rings. The van der Waals surface area contributed by atoms with Gasteiger partial charge in [-0.05, 0) is 99.8 Å². The second-order valence-corrected chi connectivity index (χ2v) is 18.1. The second-order valence-electron chi connectivity index (χ2n) is 18.1. The number of aliphatic imine (C=N–C) groups is 2. The number of furan rings is 2. The van der Waals surface area contributed by atoms with E-state index in [1.165, 1.54) is 26.9 Å². The van der Waals surface area contributed by atoms with Crippen molar-refractivity contribution in [1.29, 1.82) is 0 Å². The molecule has 2 unspecified atom stereocenters. The van der Waals surface area contributed by atoms with Crippen LogP contribution < -0.4 is 0 Å². The van der Waals surface area contributed by atoms with Crippen molar-refractivity contribution in [3.63, 3.8) is 0 Å². The first kappa shape index (κ1) is 37.8. The van der Waals surface area contributed by atoms with Crippen LogP contribution in [0.4, 0.5) is 0 Å². The van der Waals surface area contributed by atoms with Gasteiger partial charge in [0.25, 0.3) is 0 Å². The molecule has 10 aromatic carbocycles. The molecule has 0 amide bonds. The molecule has 0 aliphatic carbocycles. The number of rotatable bonds is 5. The maximum Gasteiger partial charge on any atom is 0.155 e. The molecule has 67 heavy (non-hydrogen) atoms. The summed E-state index contributed by atoms with van der Waals surface area (Å²) in [7, 11) is 0. The Morgan fingerprint density at radius 2 is 1.07 bits per heavy atom. The Morgan fingerprint density at radius 1 is 0.448 bits per heavy atom. The first-order chi connectivity index (χ1) is 33.1. The average Bonchev–Trinajstić information content (AvgIpc) is 4.00. The number of aromatic nitrogens is 1. The summed E-state index contributed by atoms with van der Waals surface area (Å²) in [5.41, 5.74) is 13.0. The van der Waals surface area contributed by atoms with E-state index in [0.717, 1.165) is 99.5 Å². The van der Waals surface area contributed by atoms with Crippen LogP contribution in [-0.4, -0.2) is 16.1 Å². The summed E-state index contributed by atoms with van der Waals surface area (Å²) >= 11 is 0. The van der Waals surface area contributed by atoms with Gasteiger partial charge in [0.15, 0.2) is 5.84 Å². The van der Waals surface area contributed by atoms with E-state index in [2.05, 4.69) is 206 Å². The van der Waals surface area contributed by atoms with Crippen molar-refractivity contribution in [3.05, 3.63) is 223 Å². The molecular weight excluding hydrogens is 819 g/mol. The fourth-order valence-corrected chi connectivity index (χ4v) is 10.9. The molecule has 14 rings (SSSR count). The van der Waals surface area contributed by atoms with Gasteiger partial charge in [-0.15, -0.1) is 0 Å². The van der Waals surface area contributed by atoms with Crippen molar-refractivity contribution >= 4 is 98.8 Å². The Kier molecular flexibility index (Phi) is 8.32. The van der Waals surface area contributed by atoms with Gasteiger partial charge in [0.2, 0.25) is 0 Å². The summed E-state index contributed by atoms with van der Waals surface area (Å²) in [6.07, 6.45) is 0.694. The van der Waals surface area contributed by atoms with E-state index in [0.29, 0.717) is 12.3 Å². The molecule has 1 aliphatic heterocycles. The van der Waals surface area contributed by atoms with Crippen LogP contribution >= 0.6 is 0 Å². The average molecular weight is 860 g/mol. The van der Waals surface area contributed by atoms with Gasteiger partial charge in [-0.2, -0.15) is 0 Å². The van der Waals surface area contributed by atoms with E-state index in [-0.39, 0.29) is 12.0 Å². The number of hydrogen-bond donors (Lipinski definition) is 0. The molecule has 0 fully saturated rings. The first-order valence-electron chi connectivity index (χ1n) is 23.1. The first-order valence-corrected chi connectivity index (χ1v) is 23.1. The molecule has 2 atom stereocenters. The third-order valence-electron chi connectivity index (χ3n) is 14.1. The van der Waals surface area contributed by atoms with Crippen molar-refractivity contribution in [3.8, 4) is 16.8 Å². The van der Waals surface area contributed by atoms with E-state index in [4.69, 9.17) is 18.8 Å². The predicted molar refractivity (Wildman–Crippen MR) is 278 cm³/mol. The highest BCUT2D eigenvalue weighted by Gasteiger charge is 2.30. The van der Waals surface area contributed by atoms with Crippen molar-refractivity contribution in [2.24, 2.45) is 15.9 Å². The zero-order valence-electron chi connectivity index (χ0n) is 36.6. The van der Waals surface area contributed by atoms with Gasteiger partial charge in [0.1, 0.15) is 22.3 Å². The molecule has 0 saturated carbocycles. The Labute approximate surface area is 385 Å². The molecule has 0 N–H and O–H groups in total. The quantitative estimate of drug-likeness (QED) is 0.173. The van der Waals surface area contributed by atoms with E-state index in [1.807, 2.05) is 12.1 Å². The molecule has 3 aromatic heterocycles. The Bertz CT molecular complexity index is 4220. The number of nitrogens with zero attached hydrogens (tertiary/aromatic N) is 3. The van der Waals surface area contributed by atoms with Crippen molar-refractivity contribution < 1.29 is 8.83 Å². The van der Waals surface area contributed by atoms with Crippen LogP contribution in [-0.2, 0) is 0 Å². The molecule has 316 valence electrons. The summed E-state index contributed by atoms with van der Waals surface area (Å²) in [5, 5.41) is 11.5. The van der Waals surface area contributed by atoms with Gasteiger partial charge in [-0.3, -0.25) is 4.99 Å². The smallest absolute Gasteiger partial charge is 0.155 e. The number of para-hydroxylation sites is 3. The molecule has 0 radical (unpaired) electrons. The Hall–Kier alpha value is -8.54. The van der Waals surface area contributed by atoms with Gasteiger partial charge in [0, 0.05) is 54.9 Å². The number of benzene rings is 10. The molecule has 0 bridgehead atoms. The topological polar surface area (TPSA) is 55.9 Å². The minimum absolute atomic E-state index is 0.0195. The lowest BCUT2D eigenvalue weighted by Gasteiger charge is -2.22. The molecule has 0 saturated heterocycles. The zero-order chi connectivity index (χ0) is 44.2. The van der Waals surface area contributed by atoms with Crippen LogP contribution in [0.15, 0.2) is 225 Å². The SMILES string of the molecule is CC1CC(c2cc3oc4cc5ccccc5cc4c3cc2-n2c3ccccc3c3cc4ccccc4cc32)N=C(c2cccc(-c3ccccc3)c2)N=C1c1cccc2c1oc1ccccc12. The summed E-state index contributed by atoms with van der Waals surface area (Å²) < 4.78 is 16.1. The summed E-state index contributed by atoms with van der Waals surface area (Å²) in [4.78, 5) is 11.5. The van der Waals surface area contributed by atoms with E-state index in [9.17, 15) is 0 Å². The fourth-order valence-electron chi connectivity index (χ4n) is 10.9. The second kappa shape index (κ2) is 14.7. The summed E-state index contributed by atoms with van der Waals surface area (Å²) in [6.45, 7) is 2.30. The van der Waals surface area contributed by atoms with E-state index in [1.54, 1.807) is 0 Å². The lowest BCUT2D eigenvalue weighted by molar-refractivity contribution is 0.578. The highest BCUT2D eigenvalue weighted by atomic mass is 16.3. The molecule has 4 heterocycles. The van der Waals surface area contributed by atoms with Gasteiger partial charge >= 0.3 is 0 Å². The summed E-state index contributed by atoms with van der Waals surface area (Å²) in [6, 6.07) is 73.4. The highest BCUT2D eigenvalue weighted by Crippen LogP contribution is 2.44. The van der Waals surface area contributed by atoms with Crippen LogP contribution in [0.1, 0.15) is 36.1 Å². The maximum atomic E-state index is 6.90. The molecular formula is C62H41N3O2. The Morgan fingerprint density at radius 3 is 1.91 bits per heavy atom. The summed E-state index contributed by atoms with van der Waals surface area (Å²) in [5.74, 6) is 0.666. The number of hydrogen-bond acceptors (Lipinski definition) is 4. The van der Waals surface area contributed by atoms with Crippen LogP contribution in [0.2, 0.25) is 0 Å². The normalized spacial score (nSPS) is 15.7. The van der Waals surface area contributed by atoms with Crippen LogP contribution in [0.25, 0.3) is 104 Å². The highest BCUT2D eigenvalue weighted by molar-refractivity contribution is 6.21. The minimum atomic E-state index is -0.315. The Balaban J connectivity index is 1.05. The molecule has 5 nitrogen and oxygen atoms in total. The van der Waals surface area contributed by atoms with Gasteiger partial charge in [0.05, 0.1) is 28.5 Å². The van der Waals surface area contributed by atoms with Crippen LogP contribution in [0.3, 0.4) is 0 Å². The van der Waals surface area contributed by atoms with Gasteiger partial charge < -0.3 is 13.4 Å². The van der Waals surface area contributed by atoms with E-state index < -0.39 is 0 Å². The van der Waals surface area contributed by atoms with Crippen LogP contribution in [0, 0.1) is 5.92 Å². The van der Waals surface area contributed by atoms with Gasteiger partial charge in [-0.1, -0.05) is 153 Å². The standard InChI is InChI=1S/C62H41N3O2/c1-37-29-53(63-62(44-22-13-21-39(30-44)38-15-3-2-4-16-38)64-60(37)48-26-14-25-47-46-24-10-12-28-57(46)67-61(47)48)52-36-59-51(50-32-41-18-6-8-20-43(41)34-58(50)66-59)35-56(52)65-54-27-11-9-23-45(54)49-31-40-17-5-7-19-42(40)33-55(49)65/h2-28,30-37,53H,29H2,1H3. The van der Waals surface area contributed by atoms with E-state index >= 15 is 0 Å². The third kappa shape index (κ3) is 6.01. The van der Waals surface area contributed by atoms with Gasteiger partial charge in [-0.25, -0.2) is 4.99 Å². The largest absolute Gasteiger partial charge is 0.456 e. The molecule has 13 aromatic rings. The zero-order valence-corrected chi connectivity index (χ0v) is 36.6. The number of amidine groups is 1. The lowest BCUT2D eigenvalue weighted by Crippen LogP contribution is -2.15. The third-order valence-corrected chi connectivity index (χ3v) is 14.1. The van der Waals surface area contributed by atoms with Crippen molar-refractivity contribution in [1.82, 2.24) is 4.57 Å². The molecule has 0 spiro atoms. The maximum absolute atomic E-state index is 6.90. The predicted octanol–water partition coefficient (Wildman–Crippen LogP) is 16.6.